The average molecular weight is 306 g/mol. The van der Waals surface area contributed by atoms with Crippen molar-refractivity contribution in [3.05, 3.63) is 27.7 Å². The summed E-state index contributed by atoms with van der Waals surface area (Å²) >= 11 is 16.4. The summed E-state index contributed by atoms with van der Waals surface area (Å²) in [6, 6.07) is 2.29. The topological polar surface area (TPSA) is 38.4 Å². The first-order valence-electron chi connectivity index (χ1n) is 4.21. The van der Waals surface area contributed by atoms with E-state index in [0.717, 1.165) is 6.07 Å². The van der Waals surface area contributed by atoms with Crippen LogP contribution < -0.4 is 5.73 Å². The lowest BCUT2D eigenvalue weighted by molar-refractivity contribution is -0.137. The first-order valence-corrected chi connectivity index (χ1v) is 5.50. The smallest absolute Gasteiger partial charge is 0.386 e. The number of alkyl halides is 4. The maximum Gasteiger partial charge on any atom is 0.419 e. The highest BCUT2D eigenvalue weighted by Crippen LogP contribution is 2.43. The van der Waals surface area contributed by atoms with E-state index in [1.807, 2.05) is 0 Å². The van der Waals surface area contributed by atoms with E-state index in [0.29, 0.717) is 0 Å². The Hall–Kier alpha value is -0.650. The number of nitrogens with two attached hydrogens (primary N) is 1. The average Bonchev–Trinajstić information content (AvgIpc) is 2.20. The predicted octanol–water partition coefficient (Wildman–Crippen LogP) is 4.24. The maximum atomic E-state index is 12.6. The largest absolute Gasteiger partial charge is 0.419 e. The molecule has 0 radical (unpaired) electrons. The Labute approximate surface area is 110 Å². The Morgan fingerprint density at radius 3 is 2.35 bits per heavy atom. The van der Waals surface area contributed by atoms with Gasteiger partial charge in [0.25, 0.3) is 0 Å². The molecular formula is C9H6Cl3F3N2. The Balaban J connectivity index is 3.39. The molecule has 1 aromatic carbocycles. The van der Waals surface area contributed by atoms with Gasteiger partial charge in [-0.25, -0.2) is 4.99 Å². The van der Waals surface area contributed by atoms with Crippen molar-refractivity contribution in [3.63, 3.8) is 0 Å². The van der Waals surface area contributed by atoms with E-state index in [-0.39, 0.29) is 17.4 Å². The summed E-state index contributed by atoms with van der Waals surface area (Å²) in [6.07, 6.45) is -4.66. The molecule has 0 aliphatic carbocycles. The molecule has 0 unspecified atom stereocenters. The van der Waals surface area contributed by atoms with Crippen molar-refractivity contribution in [3.8, 4) is 0 Å². The molecule has 0 aromatic heterocycles. The highest BCUT2D eigenvalue weighted by atomic mass is 35.5. The van der Waals surface area contributed by atoms with Crippen LogP contribution in [0.25, 0.3) is 0 Å². The summed E-state index contributed by atoms with van der Waals surface area (Å²) in [5.41, 5.74) is 4.06. The predicted molar refractivity (Wildman–Crippen MR) is 63.5 cm³/mol. The van der Waals surface area contributed by atoms with Crippen LogP contribution in [-0.2, 0) is 6.18 Å². The molecule has 1 aromatic rings. The molecule has 2 nitrogen and oxygen atoms in total. The zero-order valence-electron chi connectivity index (χ0n) is 8.15. The van der Waals surface area contributed by atoms with Crippen LogP contribution in [0.4, 0.5) is 18.9 Å². The highest BCUT2D eigenvalue weighted by molar-refractivity contribution is 6.38. The first kappa shape index (κ1) is 14.4. The highest BCUT2D eigenvalue weighted by Gasteiger charge is 2.36. The zero-order chi connectivity index (χ0) is 13.2. The van der Waals surface area contributed by atoms with Crippen molar-refractivity contribution in [1.82, 2.24) is 0 Å². The van der Waals surface area contributed by atoms with Gasteiger partial charge < -0.3 is 5.73 Å². The number of benzene rings is 1. The van der Waals surface area contributed by atoms with E-state index in [2.05, 4.69) is 4.99 Å². The number of halogens is 6. The fourth-order valence-corrected chi connectivity index (χ4v) is 1.76. The number of aliphatic imine (C=N–C) groups is 1. The van der Waals surface area contributed by atoms with E-state index in [4.69, 9.17) is 40.5 Å². The molecule has 0 bridgehead atoms. The monoisotopic (exact) mass is 304 g/mol. The summed E-state index contributed by atoms with van der Waals surface area (Å²) in [4.78, 5) is 3.66. The van der Waals surface area contributed by atoms with Gasteiger partial charge in [0.2, 0.25) is 0 Å². The second-order valence-electron chi connectivity index (χ2n) is 2.99. The van der Waals surface area contributed by atoms with Crippen molar-refractivity contribution in [1.29, 1.82) is 0 Å². The Kier molecular flexibility index (Phi) is 4.52. The second kappa shape index (κ2) is 5.33. The lowest BCUT2D eigenvalue weighted by atomic mass is 10.2. The van der Waals surface area contributed by atoms with Gasteiger partial charge in [-0.2, -0.15) is 13.2 Å². The first-order chi connectivity index (χ1) is 7.77. The molecule has 94 valence electrons. The molecule has 8 heteroatoms. The fourth-order valence-electron chi connectivity index (χ4n) is 1.07. The van der Waals surface area contributed by atoms with Crippen LogP contribution in [0.15, 0.2) is 17.1 Å². The van der Waals surface area contributed by atoms with Crippen LogP contribution in [0.2, 0.25) is 10.0 Å². The minimum Gasteiger partial charge on any atom is -0.386 e. The van der Waals surface area contributed by atoms with Crippen LogP contribution in [0.1, 0.15) is 5.56 Å². The molecule has 0 amide bonds. The summed E-state index contributed by atoms with van der Waals surface area (Å²) in [6.45, 7) is 0. The van der Waals surface area contributed by atoms with Gasteiger partial charge in [-0.3, -0.25) is 0 Å². The number of nitrogens with zero attached hydrogens (tertiary/aromatic N) is 1. The molecule has 0 saturated carbocycles. The van der Waals surface area contributed by atoms with Crippen molar-refractivity contribution in [2.75, 3.05) is 5.88 Å². The molecule has 0 atom stereocenters. The van der Waals surface area contributed by atoms with Crippen molar-refractivity contribution in [2.45, 2.75) is 6.18 Å². The number of hydrogen-bond acceptors (Lipinski definition) is 1. The minimum absolute atomic E-state index is 0.0380. The molecule has 0 aliphatic rings. The van der Waals surface area contributed by atoms with Crippen LogP contribution in [0.5, 0.6) is 0 Å². The minimum atomic E-state index is -4.66. The Morgan fingerprint density at radius 2 is 1.88 bits per heavy atom. The number of amidine groups is 1. The molecule has 2 N–H and O–H groups in total. The van der Waals surface area contributed by atoms with Gasteiger partial charge in [-0.05, 0) is 12.1 Å². The van der Waals surface area contributed by atoms with Crippen molar-refractivity contribution in [2.24, 2.45) is 10.7 Å². The normalized spacial score (nSPS) is 12.9. The lowest BCUT2D eigenvalue weighted by Crippen LogP contribution is -2.12. The summed E-state index contributed by atoms with van der Waals surface area (Å²) in [7, 11) is 0. The van der Waals surface area contributed by atoms with E-state index in [9.17, 15) is 13.2 Å². The van der Waals surface area contributed by atoms with Gasteiger partial charge in [0.1, 0.15) is 5.84 Å². The maximum absolute atomic E-state index is 12.6. The summed E-state index contributed by atoms with van der Waals surface area (Å²) in [5, 5.41) is -1.09. The standard InChI is InChI=1S/C9H6Cl3F3N2/c10-3-6(16)17-5-2-1-4(11)7(8(5)12)9(13,14)15/h1-2H,3H2,(H2,16,17). The summed E-state index contributed by atoms with van der Waals surface area (Å²) in [5.74, 6) is -0.149. The molecule has 0 aliphatic heterocycles. The number of hydrogen-bond donors (Lipinski definition) is 1. The zero-order valence-corrected chi connectivity index (χ0v) is 10.4. The Morgan fingerprint density at radius 1 is 1.29 bits per heavy atom. The lowest BCUT2D eigenvalue weighted by Gasteiger charge is -2.12. The molecule has 0 heterocycles. The quantitative estimate of drug-likeness (QED) is 0.495. The van der Waals surface area contributed by atoms with Crippen molar-refractivity contribution >= 4 is 46.3 Å². The van der Waals surface area contributed by atoms with Crippen LogP contribution >= 0.6 is 34.8 Å². The molecule has 0 fully saturated rings. The third-order valence-corrected chi connectivity index (χ3v) is 2.73. The third kappa shape index (κ3) is 3.40. The number of rotatable bonds is 2. The van der Waals surface area contributed by atoms with E-state index >= 15 is 0 Å². The Bertz CT molecular complexity index is 458. The van der Waals surface area contributed by atoms with E-state index < -0.39 is 21.8 Å². The summed E-state index contributed by atoms with van der Waals surface area (Å²) < 4.78 is 37.9. The second-order valence-corrected chi connectivity index (χ2v) is 4.04. The SMILES string of the molecule is NC(CCl)=Nc1ccc(Cl)c(C(F)(F)F)c1Cl. The van der Waals surface area contributed by atoms with E-state index in [1.165, 1.54) is 6.07 Å². The molecule has 17 heavy (non-hydrogen) atoms. The van der Waals surface area contributed by atoms with Crippen LogP contribution in [0, 0.1) is 0 Å². The van der Waals surface area contributed by atoms with Gasteiger partial charge in [0.15, 0.2) is 0 Å². The fraction of sp³-hybridized carbons (Fsp3) is 0.222. The van der Waals surface area contributed by atoms with Gasteiger partial charge in [0.05, 0.1) is 27.2 Å². The van der Waals surface area contributed by atoms with Crippen molar-refractivity contribution < 1.29 is 13.2 Å². The van der Waals surface area contributed by atoms with Gasteiger partial charge in [0, 0.05) is 0 Å². The molecule has 1 rings (SSSR count). The molecular weight excluding hydrogens is 299 g/mol. The molecule has 0 spiro atoms. The third-order valence-electron chi connectivity index (χ3n) is 1.76. The van der Waals surface area contributed by atoms with Gasteiger partial charge >= 0.3 is 6.18 Å². The van der Waals surface area contributed by atoms with Gasteiger partial charge in [-0.1, -0.05) is 23.2 Å². The molecule has 0 saturated heterocycles. The van der Waals surface area contributed by atoms with Gasteiger partial charge in [-0.15, -0.1) is 11.6 Å². The van der Waals surface area contributed by atoms with E-state index in [1.54, 1.807) is 0 Å². The van der Waals surface area contributed by atoms with Crippen LogP contribution in [0.3, 0.4) is 0 Å². The van der Waals surface area contributed by atoms with Crippen LogP contribution in [-0.4, -0.2) is 11.7 Å².